The van der Waals surface area contributed by atoms with Gasteiger partial charge in [-0.3, -0.25) is 4.79 Å². The predicted molar refractivity (Wildman–Crippen MR) is 66.2 cm³/mol. The number of nitrogens with one attached hydrogen (secondary N) is 1. The maximum Gasteiger partial charge on any atom is 0.262 e. The van der Waals surface area contributed by atoms with Crippen molar-refractivity contribution < 1.29 is 4.79 Å². The summed E-state index contributed by atoms with van der Waals surface area (Å²) in [6, 6.07) is 9.15. The number of carbonyl (C=O) groups is 1. The van der Waals surface area contributed by atoms with Gasteiger partial charge in [0.2, 0.25) is 0 Å². The van der Waals surface area contributed by atoms with E-state index in [0.717, 1.165) is 18.4 Å². The molecule has 1 aliphatic carbocycles. The molecule has 1 aromatic carbocycles. The fourth-order valence-corrected chi connectivity index (χ4v) is 1.49. The summed E-state index contributed by atoms with van der Waals surface area (Å²) in [5.74, 6) is -0.301. The van der Waals surface area contributed by atoms with Gasteiger partial charge in [-0.05, 0) is 36.6 Å². The molecule has 1 amide bonds. The average Bonchev–Trinajstić information content (AvgIpc) is 3.12. The standard InChI is InChI=1S/C13H11ClN2O/c14-11-3-1-9(2-4-11)7-10(8-15)13(17)16-12-5-6-12/h1-4,7,12H,5-6H2,(H,16,17)/b10-7-. The molecule has 2 rings (SSSR count). The van der Waals surface area contributed by atoms with E-state index in [2.05, 4.69) is 5.32 Å². The van der Waals surface area contributed by atoms with Crippen LogP contribution >= 0.6 is 11.6 Å². The second-order valence-electron chi connectivity index (χ2n) is 3.97. The molecule has 1 saturated carbocycles. The number of rotatable bonds is 3. The zero-order valence-electron chi connectivity index (χ0n) is 9.11. The minimum atomic E-state index is -0.301. The van der Waals surface area contributed by atoms with Gasteiger partial charge < -0.3 is 5.32 Å². The van der Waals surface area contributed by atoms with Crippen molar-refractivity contribution in [1.82, 2.24) is 5.32 Å². The lowest BCUT2D eigenvalue weighted by atomic mass is 10.1. The first-order valence-corrected chi connectivity index (χ1v) is 5.75. The Kier molecular flexibility index (Phi) is 3.46. The number of carbonyl (C=O) groups excluding carboxylic acids is 1. The molecular formula is C13H11ClN2O. The Hall–Kier alpha value is -1.79. The Morgan fingerprint density at radius 2 is 2.06 bits per heavy atom. The molecule has 86 valence electrons. The number of nitrogens with zero attached hydrogens (tertiary/aromatic N) is 1. The monoisotopic (exact) mass is 246 g/mol. The van der Waals surface area contributed by atoms with Crippen molar-refractivity contribution in [3.05, 3.63) is 40.4 Å². The van der Waals surface area contributed by atoms with E-state index < -0.39 is 0 Å². The molecule has 0 aromatic heterocycles. The van der Waals surface area contributed by atoms with Crippen molar-refractivity contribution >= 4 is 23.6 Å². The van der Waals surface area contributed by atoms with Gasteiger partial charge in [-0.15, -0.1) is 0 Å². The Bertz CT molecular complexity index is 495. The largest absolute Gasteiger partial charge is 0.349 e. The highest BCUT2D eigenvalue weighted by molar-refractivity contribution is 6.30. The predicted octanol–water partition coefficient (Wildman–Crippen LogP) is 2.53. The molecule has 4 heteroatoms. The fraction of sp³-hybridized carbons (Fsp3) is 0.231. The molecule has 0 heterocycles. The minimum Gasteiger partial charge on any atom is -0.349 e. The first-order chi connectivity index (χ1) is 8.19. The summed E-state index contributed by atoms with van der Waals surface area (Å²) in [5.41, 5.74) is 0.913. The van der Waals surface area contributed by atoms with E-state index >= 15 is 0 Å². The van der Waals surface area contributed by atoms with E-state index in [1.807, 2.05) is 6.07 Å². The second-order valence-corrected chi connectivity index (χ2v) is 4.41. The van der Waals surface area contributed by atoms with Crippen LogP contribution in [0.2, 0.25) is 5.02 Å². The summed E-state index contributed by atoms with van der Waals surface area (Å²) in [5, 5.41) is 12.3. The third-order valence-electron chi connectivity index (χ3n) is 2.46. The third-order valence-corrected chi connectivity index (χ3v) is 2.71. The van der Waals surface area contributed by atoms with Gasteiger partial charge in [0.15, 0.2) is 0 Å². The maximum absolute atomic E-state index is 11.7. The lowest BCUT2D eigenvalue weighted by Gasteiger charge is -2.01. The minimum absolute atomic E-state index is 0.124. The Balaban J connectivity index is 2.13. The van der Waals surface area contributed by atoms with E-state index in [9.17, 15) is 4.79 Å². The molecule has 1 fully saturated rings. The summed E-state index contributed by atoms with van der Waals surface area (Å²) in [7, 11) is 0. The summed E-state index contributed by atoms with van der Waals surface area (Å²) in [6.45, 7) is 0. The Morgan fingerprint density at radius 3 is 2.59 bits per heavy atom. The number of halogens is 1. The van der Waals surface area contributed by atoms with Crippen LogP contribution in [0.3, 0.4) is 0 Å². The first kappa shape index (κ1) is 11.7. The van der Waals surface area contributed by atoms with Crippen molar-refractivity contribution in [1.29, 1.82) is 5.26 Å². The molecule has 0 aliphatic heterocycles. The smallest absolute Gasteiger partial charge is 0.262 e. The quantitative estimate of drug-likeness (QED) is 0.658. The van der Waals surface area contributed by atoms with Gasteiger partial charge in [-0.2, -0.15) is 5.26 Å². The number of amides is 1. The Labute approximate surface area is 105 Å². The van der Waals surface area contributed by atoms with E-state index in [1.54, 1.807) is 30.3 Å². The third kappa shape index (κ3) is 3.33. The lowest BCUT2D eigenvalue weighted by Crippen LogP contribution is -2.26. The van der Waals surface area contributed by atoms with Crippen molar-refractivity contribution in [3.8, 4) is 6.07 Å². The second kappa shape index (κ2) is 5.03. The van der Waals surface area contributed by atoms with Crippen LogP contribution in [0.15, 0.2) is 29.8 Å². The maximum atomic E-state index is 11.7. The summed E-state index contributed by atoms with van der Waals surface area (Å²) < 4.78 is 0. The normalized spacial score (nSPS) is 15.2. The van der Waals surface area contributed by atoms with Crippen molar-refractivity contribution in [2.24, 2.45) is 0 Å². The molecule has 0 spiro atoms. The molecule has 17 heavy (non-hydrogen) atoms. The summed E-state index contributed by atoms with van der Waals surface area (Å²) in [6.07, 6.45) is 3.57. The van der Waals surface area contributed by atoms with Gasteiger partial charge in [0.25, 0.3) is 5.91 Å². The molecule has 3 nitrogen and oxygen atoms in total. The number of nitriles is 1. The van der Waals surface area contributed by atoms with Crippen LogP contribution in [0.5, 0.6) is 0 Å². The Morgan fingerprint density at radius 1 is 1.41 bits per heavy atom. The summed E-state index contributed by atoms with van der Waals surface area (Å²) in [4.78, 5) is 11.7. The van der Waals surface area contributed by atoms with Gasteiger partial charge in [-0.1, -0.05) is 23.7 Å². The van der Waals surface area contributed by atoms with E-state index in [1.165, 1.54) is 0 Å². The van der Waals surface area contributed by atoms with Gasteiger partial charge in [0.1, 0.15) is 11.6 Å². The van der Waals surface area contributed by atoms with Crippen molar-refractivity contribution in [3.63, 3.8) is 0 Å². The molecule has 0 atom stereocenters. The highest BCUT2D eigenvalue weighted by atomic mass is 35.5. The number of benzene rings is 1. The van der Waals surface area contributed by atoms with Crippen LogP contribution in [0, 0.1) is 11.3 Å². The lowest BCUT2D eigenvalue weighted by molar-refractivity contribution is -0.117. The van der Waals surface area contributed by atoms with Crippen LogP contribution in [-0.4, -0.2) is 11.9 Å². The molecule has 0 radical (unpaired) electrons. The van der Waals surface area contributed by atoms with Crippen LogP contribution in [-0.2, 0) is 4.79 Å². The SMILES string of the molecule is N#C/C(=C/c1ccc(Cl)cc1)C(=O)NC1CC1. The molecule has 0 bridgehead atoms. The first-order valence-electron chi connectivity index (χ1n) is 5.37. The highest BCUT2D eigenvalue weighted by Gasteiger charge is 2.24. The van der Waals surface area contributed by atoms with Gasteiger partial charge in [0, 0.05) is 11.1 Å². The molecular weight excluding hydrogens is 236 g/mol. The van der Waals surface area contributed by atoms with Crippen LogP contribution in [0.1, 0.15) is 18.4 Å². The molecule has 0 unspecified atom stereocenters. The molecule has 1 aliphatic rings. The van der Waals surface area contributed by atoms with Crippen molar-refractivity contribution in [2.75, 3.05) is 0 Å². The van der Waals surface area contributed by atoms with Crippen molar-refractivity contribution in [2.45, 2.75) is 18.9 Å². The van der Waals surface area contributed by atoms with Crippen LogP contribution in [0.4, 0.5) is 0 Å². The summed E-state index contributed by atoms with van der Waals surface area (Å²) >= 11 is 5.76. The molecule has 1 N–H and O–H groups in total. The van der Waals surface area contributed by atoms with Crippen LogP contribution in [0.25, 0.3) is 6.08 Å². The van der Waals surface area contributed by atoms with E-state index in [-0.39, 0.29) is 17.5 Å². The van der Waals surface area contributed by atoms with E-state index in [0.29, 0.717) is 5.02 Å². The van der Waals surface area contributed by atoms with Gasteiger partial charge >= 0.3 is 0 Å². The number of hydrogen-bond acceptors (Lipinski definition) is 2. The van der Waals surface area contributed by atoms with Gasteiger partial charge in [0.05, 0.1) is 0 Å². The van der Waals surface area contributed by atoms with E-state index in [4.69, 9.17) is 16.9 Å². The topological polar surface area (TPSA) is 52.9 Å². The average molecular weight is 247 g/mol. The number of hydrogen-bond donors (Lipinski definition) is 1. The van der Waals surface area contributed by atoms with Crippen LogP contribution < -0.4 is 5.32 Å². The zero-order valence-corrected chi connectivity index (χ0v) is 9.87. The molecule has 0 saturated heterocycles. The zero-order chi connectivity index (χ0) is 12.3. The highest BCUT2D eigenvalue weighted by Crippen LogP contribution is 2.19. The van der Waals surface area contributed by atoms with Gasteiger partial charge in [-0.25, -0.2) is 0 Å². The fourth-order valence-electron chi connectivity index (χ4n) is 1.37. The molecule has 1 aromatic rings.